The molecule has 20 aromatic rings. The molecule has 0 saturated heterocycles. The molecule has 0 aliphatic heterocycles. The average Bonchev–Trinajstić information content (AvgIpc) is 1.02. The zero-order chi connectivity index (χ0) is 75.9. The van der Waals surface area contributed by atoms with Gasteiger partial charge in [0.1, 0.15) is 0 Å². The van der Waals surface area contributed by atoms with Gasteiger partial charge in [-0.2, -0.15) is 0 Å². The lowest BCUT2D eigenvalue weighted by Gasteiger charge is -2.41. The van der Waals surface area contributed by atoms with Gasteiger partial charge in [-0.1, -0.05) is 425 Å². The molecule has 0 atom stereocenters. The van der Waals surface area contributed by atoms with Gasteiger partial charge in [0.05, 0.1) is 32.9 Å². The first-order valence-electron chi connectivity index (χ1n) is 39.6. The number of rotatable bonds is 19. The molecule has 0 saturated carbocycles. The van der Waals surface area contributed by atoms with Crippen LogP contribution in [0.2, 0.25) is 0 Å². The van der Waals surface area contributed by atoms with Crippen molar-refractivity contribution < 1.29 is 0 Å². The Hall–Kier alpha value is -14.0. The fourth-order valence-corrected chi connectivity index (χ4v) is 29.2. The molecule has 2 aromatic heterocycles. The minimum atomic E-state index is -3.21. The maximum Gasteiger partial charge on any atom is 0.179 e. The van der Waals surface area contributed by atoms with Crippen molar-refractivity contribution in [3.63, 3.8) is 0 Å². The standard InChI is InChI=1S/C110H80N2Si2/c1-13-41-83(42-14-1)109(84-43-15-2-16-44-84,85-45-17-3-18-46-85)89-75-90(110(86-47-19-4-20-48-86,87-49-21-5-22-50-87)88-51-23-6-24-52-88)77-91(76-89)111-105-67-39-37-65-101(105)103-73-81(69-71-107(103)111)82-70-72-108-104(74-82)102-66-38-40-68-106(102)112(108)92-78-99(113(93-53-25-7-26-54-93,94-55-27-8-28-56-94)95-57-29-9-30-58-95)80-100(79-92)114(96-59-31-10-32-60-96,97-61-33-11-34-62-97)98-63-35-12-36-64-98/h1-80H. The van der Waals surface area contributed by atoms with Gasteiger partial charge in [-0.3, -0.25) is 0 Å². The largest absolute Gasteiger partial charge is 0.309 e. The minimum absolute atomic E-state index is 0.791. The monoisotopic (exact) mass is 1480 g/mol. The Balaban J connectivity index is 0.834. The summed E-state index contributed by atoms with van der Waals surface area (Å²) in [6.45, 7) is 0. The summed E-state index contributed by atoms with van der Waals surface area (Å²) in [6, 6.07) is 184. The van der Waals surface area contributed by atoms with E-state index in [1.54, 1.807) is 0 Å². The summed E-state index contributed by atoms with van der Waals surface area (Å²) >= 11 is 0. The Labute approximate surface area is 668 Å². The summed E-state index contributed by atoms with van der Waals surface area (Å²) in [4.78, 5) is 0. The predicted molar refractivity (Wildman–Crippen MR) is 484 cm³/mol. The Morgan fingerprint density at radius 1 is 0.149 bits per heavy atom. The van der Waals surface area contributed by atoms with Crippen molar-refractivity contribution in [1.29, 1.82) is 0 Å². The van der Waals surface area contributed by atoms with E-state index in [9.17, 15) is 0 Å². The van der Waals surface area contributed by atoms with E-state index in [0.29, 0.717) is 0 Å². The van der Waals surface area contributed by atoms with Gasteiger partial charge in [0, 0.05) is 32.9 Å². The molecule has 0 radical (unpaired) electrons. The van der Waals surface area contributed by atoms with Crippen molar-refractivity contribution in [1.82, 2.24) is 9.13 Å². The Morgan fingerprint density at radius 2 is 0.368 bits per heavy atom. The van der Waals surface area contributed by atoms with Crippen molar-refractivity contribution in [2.24, 2.45) is 0 Å². The number of benzene rings is 18. The van der Waals surface area contributed by atoms with E-state index >= 15 is 0 Å². The first-order chi connectivity index (χ1) is 56.5. The van der Waals surface area contributed by atoms with Crippen LogP contribution in [0, 0.1) is 0 Å². The zero-order valence-electron chi connectivity index (χ0n) is 63.1. The van der Waals surface area contributed by atoms with Gasteiger partial charge in [0.15, 0.2) is 16.1 Å². The van der Waals surface area contributed by atoms with E-state index in [0.717, 1.165) is 55.7 Å². The third kappa shape index (κ3) is 11.3. The summed E-state index contributed by atoms with van der Waals surface area (Å²) in [5.41, 5.74) is 16.8. The van der Waals surface area contributed by atoms with Crippen LogP contribution < -0.4 is 41.5 Å². The number of para-hydroxylation sites is 2. The second-order valence-corrected chi connectivity index (χ2v) is 37.7. The summed E-state index contributed by atoms with van der Waals surface area (Å²) in [5.74, 6) is 0. The summed E-state index contributed by atoms with van der Waals surface area (Å²) in [6.07, 6.45) is 0. The fourth-order valence-electron chi connectivity index (χ4n) is 19.5. The fraction of sp³-hybridized carbons (Fsp3) is 0.0182. The summed E-state index contributed by atoms with van der Waals surface area (Å²) in [7, 11) is -6.42. The van der Waals surface area contributed by atoms with Gasteiger partial charge in [0.2, 0.25) is 0 Å². The molecule has 18 aromatic carbocycles. The van der Waals surface area contributed by atoms with Gasteiger partial charge in [-0.25, -0.2) is 0 Å². The Bertz CT molecular complexity index is 5690. The van der Waals surface area contributed by atoms with Crippen LogP contribution in [-0.2, 0) is 10.8 Å². The molecule has 0 amide bonds. The van der Waals surface area contributed by atoms with E-state index in [2.05, 4.69) is 494 Å². The van der Waals surface area contributed by atoms with Crippen LogP contribution in [0.15, 0.2) is 485 Å². The molecule has 0 spiro atoms. The molecule has 0 aliphatic carbocycles. The van der Waals surface area contributed by atoms with E-state index in [-0.39, 0.29) is 0 Å². The smallest absolute Gasteiger partial charge is 0.179 e. The first-order valence-corrected chi connectivity index (χ1v) is 43.6. The predicted octanol–water partition coefficient (Wildman–Crippen LogP) is 21.1. The second-order valence-electron chi connectivity index (χ2n) is 30.1. The van der Waals surface area contributed by atoms with E-state index in [1.165, 1.54) is 96.4 Å². The number of fused-ring (bicyclic) bond motifs is 6. The Kier molecular flexibility index (Phi) is 17.8. The van der Waals surface area contributed by atoms with Crippen LogP contribution >= 0.6 is 0 Å². The average molecular weight is 1490 g/mol. The van der Waals surface area contributed by atoms with Crippen LogP contribution in [0.25, 0.3) is 66.1 Å². The van der Waals surface area contributed by atoms with Crippen molar-refractivity contribution >= 4 is 101 Å². The highest BCUT2D eigenvalue weighted by molar-refractivity contribution is 7.22. The molecule has 0 fully saturated rings. The molecule has 0 unspecified atom stereocenters. The van der Waals surface area contributed by atoms with Crippen molar-refractivity contribution in [2.75, 3.05) is 0 Å². The van der Waals surface area contributed by atoms with Crippen LogP contribution in [0.1, 0.15) is 44.5 Å². The van der Waals surface area contributed by atoms with Crippen LogP contribution in [0.4, 0.5) is 0 Å². The third-order valence-electron chi connectivity index (χ3n) is 24.2. The van der Waals surface area contributed by atoms with E-state index in [1.807, 2.05) is 0 Å². The normalized spacial score (nSPS) is 12.0. The summed E-state index contributed by atoms with van der Waals surface area (Å²) in [5, 5.41) is 15.3. The van der Waals surface area contributed by atoms with Crippen LogP contribution in [-0.4, -0.2) is 25.3 Å². The van der Waals surface area contributed by atoms with Gasteiger partial charge in [-0.05, 0) is 158 Å². The summed E-state index contributed by atoms with van der Waals surface area (Å²) < 4.78 is 5.14. The third-order valence-corrected chi connectivity index (χ3v) is 33.7. The van der Waals surface area contributed by atoms with Crippen molar-refractivity contribution in [3.05, 3.63) is 530 Å². The molecule has 0 aliphatic rings. The maximum absolute atomic E-state index is 3.21. The molecule has 114 heavy (non-hydrogen) atoms. The molecular weight excluding hydrogens is 1410 g/mol. The molecule has 2 nitrogen and oxygen atoms in total. The topological polar surface area (TPSA) is 9.86 Å². The van der Waals surface area contributed by atoms with Gasteiger partial charge in [0.25, 0.3) is 0 Å². The minimum Gasteiger partial charge on any atom is -0.309 e. The quantitative estimate of drug-likeness (QED) is 0.0564. The number of hydrogen-bond acceptors (Lipinski definition) is 0. The van der Waals surface area contributed by atoms with Gasteiger partial charge >= 0.3 is 0 Å². The highest BCUT2D eigenvalue weighted by atomic mass is 28.3. The van der Waals surface area contributed by atoms with Gasteiger partial charge in [-0.15, -0.1) is 0 Å². The number of aromatic nitrogens is 2. The lowest BCUT2D eigenvalue weighted by atomic mass is 9.61. The zero-order valence-corrected chi connectivity index (χ0v) is 65.1. The van der Waals surface area contributed by atoms with Crippen LogP contribution in [0.3, 0.4) is 0 Å². The first kappa shape index (κ1) is 69.2. The highest BCUT2D eigenvalue weighted by Crippen LogP contribution is 2.52. The molecule has 20 rings (SSSR count). The number of nitrogens with zero attached hydrogens (tertiary/aromatic N) is 2. The SMILES string of the molecule is c1ccc(C(c2ccccc2)(c2ccccc2)c2cc(-n3c4ccccc4c4cc(-c5ccc6c(c5)c5ccccc5n6-c5cc([Si](c6ccccc6)(c6ccccc6)c6ccccc6)cc([Si](c6ccccc6)(c6ccccc6)c6ccccc6)c5)ccc43)cc(C(c3ccccc3)(c3ccccc3)c3ccccc3)c2)cc1. The molecule has 4 heteroatoms. The Morgan fingerprint density at radius 3 is 0.632 bits per heavy atom. The van der Waals surface area contributed by atoms with E-state index in [4.69, 9.17) is 0 Å². The molecule has 2 heterocycles. The molecular formula is C110H80N2Si2. The van der Waals surface area contributed by atoms with Gasteiger partial charge < -0.3 is 9.13 Å². The maximum atomic E-state index is 2.66. The second kappa shape index (κ2) is 29.3. The highest BCUT2D eigenvalue weighted by Gasteiger charge is 2.48. The molecule has 0 N–H and O–H groups in total. The van der Waals surface area contributed by atoms with Crippen LogP contribution in [0.5, 0.6) is 0 Å². The van der Waals surface area contributed by atoms with Crippen molar-refractivity contribution in [3.8, 4) is 22.5 Å². The lowest BCUT2D eigenvalue weighted by molar-refractivity contribution is 0.716. The lowest BCUT2D eigenvalue weighted by Crippen LogP contribution is -2.78. The van der Waals surface area contributed by atoms with Crippen molar-refractivity contribution in [2.45, 2.75) is 10.8 Å². The molecule has 0 bridgehead atoms. The number of hydrogen-bond donors (Lipinski definition) is 0. The van der Waals surface area contributed by atoms with E-state index < -0.39 is 27.0 Å². The molecule has 538 valence electrons.